The summed E-state index contributed by atoms with van der Waals surface area (Å²) in [5.74, 6) is 0.875. The first-order chi connectivity index (χ1) is 11.4. The number of aromatic nitrogens is 1. The van der Waals surface area contributed by atoms with E-state index >= 15 is 0 Å². The van der Waals surface area contributed by atoms with E-state index in [-0.39, 0.29) is 11.4 Å². The minimum absolute atomic E-state index is 0.118. The van der Waals surface area contributed by atoms with Crippen molar-refractivity contribution >= 4 is 11.8 Å². The first-order valence-corrected chi connectivity index (χ1v) is 8.08. The van der Waals surface area contributed by atoms with Crippen LogP contribution in [0.1, 0.15) is 25.0 Å². The summed E-state index contributed by atoms with van der Waals surface area (Å²) in [5, 5.41) is 5.85. The van der Waals surface area contributed by atoms with Crippen molar-refractivity contribution in [2.45, 2.75) is 25.8 Å². The Morgan fingerprint density at radius 2 is 1.83 bits per heavy atom. The number of urea groups is 1. The van der Waals surface area contributed by atoms with Crippen LogP contribution < -0.4 is 15.5 Å². The molecule has 128 valence electrons. The number of nitrogens with one attached hydrogen (secondary N) is 2. The van der Waals surface area contributed by atoms with Gasteiger partial charge >= 0.3 is 6.03 Å². The molecule has 0 spiro atoms. The third-order valence-corrected chi connectivity index (χ3v) is 3.97. The van der Waals surface area contributed by atoms with Crippen LogP contribution in [0.5, 0.6) is 0 Å². The summed E-state index contributed by atoms with van der Waals surface area (Å²) < 4.78 is 0. The molecule has 2 rings (SSSR count). The van der Waals surface area contributed by atoms with E-state index in [1.165, 1.54) is 5.56 Å². The van der Waals surface area contributed by atoms with Crippen molar-refractivity contribution in [1.82, 2.24) is 15.6 Å². The standard InChI is InChI=1S/C19H26N4O/c1-19(2,16-8-6-5-7-9-16)14-22-18(24)21-13-15-10-11-20-17(12-15)23(3)4/h5-12H,13-14H2,1-4H3,(H2,21,22,24). The lowest BCUT2D eigenvalue weighted by Crippen LogP contribution is -2.42. The van der Waals surface area contributed by atoms with E-state index in [9.17, 15) is 4.79 Å². The predicted molar refractivity (Wildman–Crippen MR) is 98.3 cm³/mol. The summed E-state index contributed by atoms with van der Waals surface area (Å²) in [6, 6.07) is 13.9. The summed E-state index contributed by atoms with van der Waals surface area (Å²) >= 11 is 0. The number of carbonyl (C=O) groups excluding carboxylic acids is 1. The SMILES string of the molecule is CN(C)c1cc(CNC(=O)NCC(C)(C)c2ccccc2)ccn1. The molecule has 2 N–H and O–H groups in total. The molecule has 0 bridgehead atoms. The molecule has 1 aromatic carbocycles. The Morgan fingerprint density at radius 1 is 1.12 bits per heavy atom. The van der Waals surface area contributed by atoms with Crippen LogP contribution in [0.15, 0.2) is 48.7 Å². The molecule has 0 fully saturated rings. The Hall–Kier alpha value is -2.56. The summed E-state index contributed by atoms with van der Waals surface area (Å²) in [5.41, 5.74) is 2.11. The highest BCUT2D eigenvalue weighted by Gasteiger charge is 2.20. The van der Waals surface area contributed by atoms with Crippen LogP contribution in [0.25, 0.3) is 0 Å². The lowest BCUT2D eigenvalue weighted by molar-refractivity contribution is 0.238. The predicted octanol–water partition coefficient (Wildman–Crippen LogP) is 2.92. The van der Waals surface area contributed by atoms with Crippen molar-refractivity contribution < 1.29 is 4.79 Å². The van der Waals surface area contributed by atoms with E-state index in [0.29, 0.717) is 13.1 Å². The van der Waals surface area contributed by atoms with Gasteiger partial charge in [-0.2, -0.15) is 0 Å². The second kappa shape index (κ2) is 7.81. The van der Waals surface area contributed by atoms with Crippen molar-refractivity contribution in [1.29, 1.82) is 0 Å². The number of rotatable bonds is 6. The molecule has 5 nitrogen and oxygen atoms in total. The average Bonchev–Trinajstić information content (AvgIpc) is 2.59. The zero-order valence-corrected chi connectivity index (χ0v) is 14.8. The molecule has 2 amide bonds. The molecule has 0 aliphatic heterocycles. The van der Waals surface area contributed by atoms with Gasteiger partial charge in [0.25, 0.3) is 0 Å². The molecule has 0 saturated carbocycles. The molecule has 0 radical (unpaired) electrons. The number of anilines is 1. The van der Waals surface area contributed by atoms with Crippen LogP contribution in [-0.2, 0) is 12.0 Å². The van der Waals surface area contributed by atoms with E-state index in [1.54, 1.807) is 6.20 Å². The lowest BCUT2D eigenvalue weighted by atomic mass is 9.85. The minimum Gasteiger partial charge on any atom is -0.363 e. The molecule has 0 unspecified atom stereocenters. The third kappa shape index (κ3) is 4.98. The fourth-order valence-corrected chi connectivity index (χ4v) is 2.35. The van der Waals surface area contributed by atoms with Gasteiger partial charge < -0.3 is 15.5 Å². The Labute approximate surface area is 144 Å². The zero-order chi connectivity index (χ0) is 17.6. The second-order valence-corrected chi connectivity index (χ2v) is 6.70. The highest BCUT2D eigenvalue weighted by atomic mass is 16.2. The Kier molecular flexibility index (Phi) is 5.79. The van der Waals surface area contributed by atoms with Gasteiger partial charge in [-0.3, -0.25) is 0 Å². The number of amides is 2. The largest absolute Gasteiger partial charge is 0.363 e. The Balaban J connectivity index is 1.84. The van der Waals surface area contributed by atoms with Gasteiger partial charge in [0.2, 0.25) is 0 Å². The first-order valence-electron chi connectivity index (χ1n) is 8.08. The van der Waals surface area contributed by atoms with Crippen LogP contribution >= 0.6 is 0 Å². The summed E-state index contributed by atoms with van der Waals surface area (Å²) in [7, 11) is 3.88. The van der Waals surface area contributed by atoms with Crippen LogP contribution in [0.4, 0.5) is 10.6 Å². The molecule has 24 heavy (non-hydrogen) atoms. The summed E-state index contributed by atoms with van der Waals surface area (Å²) in [6.45, 7) is 5.28. The number of hydrogen-bond donors (Lipinski definition) is 2. The van der Waals surface area contributed by atoms with E-state index < -0.39 is 0 Å². The number of pyridine rings is 1. The molecule has 0 aliphatic carbocycles. The van der Waals surface area contributed by atoms with Crippen LogP contribution in [-0.4, -0.2) is 31.7 Å². The molecular weight excluding hydrogens is 300 g/mol. The summed E-state index contributed by atoms with van der Waals surface area (Å²) in [4.78, 5) is 18.3. The molecule has 1 aromatic heterocycles. The highest BCUT2D eigenvalue weighted by Crippen LogP contribution is 2.21. The number of hydrogen-bond acceptors (Lipinski definition) is 3. The maximum absolute atomic E-state index is 12.1. The molecule has 5 heteroatoms. The number of nitrogens with zero attached hydrogens (tertiary/aromatic N) is 2. The van der Waals surface area contributed by atoms with Crippen molar-refractivity contribution in [2.75, 3.05) is 25.5 Å². The van der Waals surface area contributed by atoms with Gasteiger partial charge in [-0.25, -0.2) is 9.78 Å². The van der Waals surface area contributed by atoms with Gasteiger partial charge in [0, 0.05) is 38.8 Å². The van der Waals surface area contributed by atoms with Crippen molar-refractivity contribution in [3.05, 3.63) is 59.8 Å². The van der Waals surface area contributed by atoms with E-state index in [1.807, 2.05) is 49.3 Å². The topological polar surface area (TPSA) is 57.3 Å². The normalized spacial score (nSPS) is 11.0. The fraction of sp³-hybridized carbons (Fsp3) is 0.368. The van der Waals surface area contributed by atoms with Crippen LogP contribution in [0.2, 0.25) is 0 Å². The highest BCUT2D eigenvalue weighted by molar-refractivity contribution is 5.74. The molecule has 0 aliphatic rings. The average molecular weight is 326 g/mol. The van der Waals surface area contributed by atoms with E-state index in [2.05, 4.69) is 41.6 Å². The smallest absolute Gasteiger partial charge is 0.315 e. The molecule has 0 atom stereocenters. The van der Waals surface area contributed by atoms with Gasteiger partial charge in [0.05, 0.1) is 0 Å². The van der Waals surface area contributed by atoms with E-state index in [4.69, 9.17) is 0 Å². The third-order valence-electron chi connectivity index (χ3n) is 3.97. The lowest BCUT2D eigenvalue weighted by Gasteiger charge is -2.25. The Morgan fingerprint density at radius 3 is 2.50 bits per heavy atom. The molecular formula is C19H26N4O. The van der Waals surface area contributed by atoms with Crippen LogP contribution in [0.3, 0.4) is 0 Å². The maximum Gasteiger partial charge on any atom is 0.315 e. The molecule has 1 heterocycles. The van der Waals surface area contributed by atoms with Crippen molar-refractivity contribution in [3.8, 4) is 0 Å². The van der Waals surface area contributed by atoms with Crippen LogP contribution in [0, 0.1) is 0 Å². The Bertz CT molecular complexity index is 668. The maximum atomic E-state index is 12.1. The fourth-order valence-electron chi connectivity index (χ4n) is 2.35. The number of carbonyl (C=O) groups is 1. The van der Waals surface area contributed by atoms with Gasteiger partial charge in [0.15, 0.2) is 0 Å². The van der Waals surface area contributed by atoms with Gasteiger partial charge in [-0.05, 0) is 23.3 Å². The van der Waals surface area contributed by atoms with Crippen molar-refractivity contribution in [2.24, 2.45) is 0 Å². The summed E-state index contributed by atoms with van der Waals surface area (Å²) in [6.07, 6.45) is 1.75. The molecule has 2 aromatic rings. The number of benzene rings is 1. The quantitative estimate of drug-likeness (QED) is 0.858. The first kappa shape index (κ1) is 17.8. The van der Waals surface area contributed by atoms with Crippen molar-refractivity contribution in [3.63, 3.8) is 0 Å². The minimum atomic E-state index is -0.165. The van der Waals surface area contributed by atoms with Gasteiger partial charge in [0.1, 0.15) is 5.82 Å². The monoisotopic (exact) mass is 326 g/mol. The second-order valence-electron chi connectivity index (χ2n) is 6.70. The zero-order valence-electron chi connectivity index (χ0n) is 14.8. The van der Waals surface area contributed by atoms with Gasteiger partial charge in [-0.15, -0.1) is 0 Å². The van der Waals surface area contributed by atoms with E-state index in [0.717, 1.165) is 11.4 Å². The molecule has 0 saturated heterocycles. The van der Waals surface area contributed by atoms with Gasteiger partial charge in [-0.1, -0.05) is 44.2 Å².